The van der Waals surface area contributed by atoms with Gasteiger partial charge < -0.3 is 9.30 Å². The summed E-state index contributed by atoms with van der Waals surface area (Å²) in [5.74, 6) is 1.04. The van der Waals surface area contributed by atoms with Crippen LogP contribution in [0.15, 0.2) is 42.6 Å². The van der Waals surface area contributed by atoms with Crippen LogP contribution in [0, 0.1) is 0 Å². The van der Waals surface area contributed by atoms with Gasteiger partial charge in [0, 0.05) is 31.4 Å². The van der Waals surface area contributed by atoms with Gasteiger partial charge >= 0.3 is 0 Å². The molecule has 2 aromatic heterocycles. The van der Waals surface area contributed by atoms with Gasteiger partial charge in [-0.2, -0.15) is 0 Å². The molecule has 3 aromatic rings. The van der Waals surface area contributed by atoms with E-state index >= 15 is 0 Å². The number of rotatable bonds is 6. The summed E-state index contributed by atoms with van der Waals surface area (Å²) in [6, 6.07) is 11.8. The molecule has 0 saturated carbocycles. The van der Waals surface area contributed by atoms with Crippen LogP contribution in [-0.2, 0) is 17.7 Å². The Hall–Kier alpha value is -1.91. The summed E-state index contributed by atoms with van der Waals surface area (Å²) < 4.78 is 7.32. The summed E-state index contributed by atoms with van der Waals surface area (Å²) in [5, 5.41) is 0.748. The van der Waals surface area contributed by atoms with Gasteiger partial charge in [0.1, 0.15) is 11.3 Å². The van der Waals surface area contributed by atoms with Crippen LogP contribution in [0.25, 0.3) is 11.2 Å². The quantitative estimate of drug-likeness (QED) is 0.651. The van der Waals surface area contributed by atoms with E-state index < -0.39 is 0 Å². The highest BCUT2D eigenvalue weighted by Gasteiger charge is 2.11. The van der Waals surface area contributed by atoms with E-state index in [2.05, 4.69) is 9.55 Å². The molecule has 5 heteroatoms. The van der Waals surface area contributed by atoms with E-state index in [9.17, 15) is 0 Å². The van der Waals surface area contributed by atoms with Gasteiger partial charge in [0.15, 0.2) is 5.65 Å². The van der Waals surface area contributed by atoms with Crippen LogP contribution in [0.1, 0.15) is 17.8 Å². The number of hydrogen-bond donors (Lipinski definition) is 0. The highest BCUT2D eigenvalue weighted by molar-refractivity contribution is 6.30. The number of aromatic nitrogens is 3. The predicted octanol–water partition coefficient (Wildman–Crippen LogP) is 3.71. The van der Waals surface area contributed by atoms with Crippen LogP contribution in [0.5, 0.6) is 0 Å². The summed E-state index contributed by atoms with van der Waals surface area (Å²) in [7, 11) is 1.72. The zero-order chi connectivity index (χ0) is 15.4. The van der Waals surface area contributed by atoms with E-state index in [0.29, 0.717) is 0 Å². The van der Waals surface area contributed by atoms with Gasteiger partial charge in [0.05, 0.1) is 6.54 Å². The van der Waals surface area contributed by atoms with E-state index in [4.69, 9.17) is 21.3 Å². The molecule has 1 aromatic carbocycles. The maximum atomic E-state index is 5.96. The Balaban J connectivity index is 1.94. The molecular formula is C17H18ClN3O. The molecule has 22 heavy (non-hydrogen) atoms. The lowest BCUT2D eigenvalue weighted by Crippen LogP contribution is -2.07. The van der Waals surface area contributed by atoms with Gasteiger partial charge in [-0.3, -0.25) is 0 Å². The molecule has 0 spiro atoms. The Labute approximate surface area is 134 Å². The maximum Gasteiger partial charge on any atom is 0.160 e. The number of benzene rings is 1. The minimum atomic E-state index is 0.734. The van der Waals surface area contributed by atoms with Crippen molar-refractivity contribution < 1.29 is 4.74 Å². The van der Waals surface area contributed by atoms with Crippen molar-refractivity contribution >= 4 is 22.8 Å². The van der Waals surface area contributed by atoms with Gasteiger partial charge in [0.25, 0.3) is 0 Å². The van der Waals surface area contributed by atoms with Crippen LogP contribution in [-0.4, -0.2) is 28.3 Å². The molecule has 0 aliphatic rings. The fraction of sp³-hybridized carbons (Fsp3) is 0.294. The molecule has 114 valence electrons. The van der Waals surface area contributed by atoms with Crippen molar-refractivity contribution in [3.05, 3.63) is 59.0 Å². The first kappa shape index (κ1) is 15.0. The number of aryl methyl sites for hydroxylation is 1. The number of pyridine rings is 1. The SMILES string of the molecule is COCCCc1nc2cccnc2n1Cc1ccc(Cl)cc1. The smallest absolute Gasteiger partial charge is 0.160 e. The van der Waals surface area contributed by atoms with Gasteiger partial charge in [-0.05, 0) is 36.2 Å². The first-order valence-corrected chi connectivity index (χ1v) is 7.69. The third-order valence-electron chi connectivity index (χ3n) is 3.59. The molecule has 0 bridgehead atoms. The number of ether oxygens (including phenoxy) is 1. The van der Waals surface area contributed by atoms with Gasteiger partial charge in [-0.1, -0.05) is 23.7 Å². The van der Waals surface area contributed by atoms with Crippen LogP contribution < -0.4 is 0 Å². The molecule has 0 radical (unpaired) electrons. The number of imidazole rings is 1. The summed E-state index contributed by atoms with van der Waals surface area (Å²) in [6.07, 6.45) is 3.62. The van der Waals surface area contributed by atoms with Crippen molar-refractivity contribution in [3.8, 4) is 0 Å². The van der Waals surface area contributed by atoms with Crippen molar-refractivity contribution in [3.63, 3.8) is 0 Å². The maximum absolute atomic E-state index is 5.96. The third-order valence-corrected chi connectivity index (χ3v) is 3.84. The zero-order valence-electron chi connectivity index (χ0n) is 12.5. The lowest BCUT2D eigenvalue weighted by molar-refractivity contribution is 0.194. The van der Waals surface area contributed by atoms with Gasteiger partial charge in [0.2, 0.25) is 0 Å². The molecule has 0 N–H and O–H groups in total. The third kappa shape index (κ3) is 3.29. The molecule has 0 fully saturated rings. The lowest BCUT2D eigenvalue weighted by Gasteiger charge is -2.09. The Morgan fingerprint density at radius 2 is 2.00 bits per heavy atom. The van der Waals surface area contributed by atoms with Crippen molar-refractivity contribution in [1.29, 1.82) is 0 Å². The van der Waals surface area contributed by atoms with E-state index in [1.165, 1.54) is 5.56 Å². The fourth-order valence-electron chi connectivity index (χ4n) is 2.51. The molecule has 3 rings (SSSR count). The first-order chi connectivity index (χ1) is 10.8. The fourth-order valence-corrected chi connectivity index (χ4v) is 2.64. The van der Waals surface area contributed by atoms with Crippen LogP contribution in [0.2, 0.25) is 5.02 Å². The van der Waals surface area contributed by atoms with E-state index in [0.717, 1.165) is 48.0 Å². The van der Waals surface area contributed by atoms with Gasteiger partial charge in [-0.15, -0.1) is 0 Å². The Morgan fingerprint density at radius 3 is 2.77 bits per heavy atom. The molecule has 2 heterocycles. The minimum absolute atomic E-state index is 0.734. The second kappa shape index (κ2) is 6.90. The number of nitrogens with zero attached hydrogens (tertiary/aromatic N) is 3. The highest BCUT2D eigenvalue weighted by atomic mass is 35.5. The zero-order valence-corrected chi connectivity index (χ0v) is 13.3. The summed E-state index contributed by atoms with van der Waals surface area (Å²) in [4.78, 5) is 9.20. The standard InChI is InChI=1S/C17H18ClN3O/c1-22-11-3-5-16-20-15-4-2-10-19-17(15)21(16)12-13-6-8-14(18)9-7-13/h2,4,6-10H,3,5,11-12H2,1H3. The van der Waals surface area contributed by atoms with E-state index in [1.807, 2.05) is 36.4 Å². The average molecular weight is 316 g/mol. The topological polar surface area (TPSA) is 39.9 Å². The van der Waals surface area contributed by atoms with E-state index in [1.54, 1.807) is 13.3 Å². The average Bonchev–Trinajstić information content (AvgIpc) is 2.88. The number of methoxy groups -OCH3 is 1. The van der Waals surface area contributed by atoms with E-state index in [-0.39, 0.29) is 0 Å². The second-order valence-electron chi connectivity index (χ2n) is 5.18. The molecule has 0 aliphatic heterocycles. The normalized spacial score (nSPS) is 11.2. The van der Waals surface area contributed by atoms with Crippen molar-refractivity contribution in [2.75, 3.05) is 13.7 Å². The first-order valence-electron chi connectivity index (χ1n) is 7.31. The van der Waals surface area contributed by atoms with Crippen LogP contribution in [0.3, 0.4) is 0 Å². The van der Waals surface area contributed by atoms with Crippen molar-refractivity contribution in [1.82, 2.24) is 14.5 Å². The molecule has 0 saturated heterocycles. The number of halogens is 1. The molecular weight excluding hydrogens is 298 g/mol. The lowest BCUT2D eigenvalue weighted by atomic mass is 10.2. The van der Waals surface area contributed by atoms with Crippen molar-refractivity contribution in [2.24, 2.45) is 0 Å². The van der Waals surface area contributed by atoms with Crippen molar-refractivity contribution in [2.45, 2.75) is 19.4 Å². The summed E-state index contributed by atoms with van der Waals surface area (Å²) in [6.45, 7) is 1.48. The summed E-state index contributed by atoms with van der Waals surface area (Å²) >= 11 is 5.96. The Morgan fingerprint density at radius 1 is 1.18 bits per heavy atom. The molecule has 0 atom stereocenters. The monoisotopic (exact) mass is 315 g/mol. The Bertz CT molecular complexity index is 752. The minimum Gasteiger partial charge on any atom is -0.385 e. The second-order valence-corrected chi connectivity index (χ2v) is 5.62. The number of hydrogen-bond acceptors (Lipinski definition) is 3. The predicted molar refractivity (Wildman–Crippen MR) is 88.3 cm³/mol. The van der Waals surface area contributed by atoms with Crippen LogP contribution >= 0.6 is 11.6 Å². The molecule has 0 amide bonds. The molecule has 0 unspecified atom stereocenters. The Kier molecular flexibility index (Phi) is 4.71. The highest BCUT2D eigenvalue weighted by Crippen LogP contribution is 2.18. The number of fused-ring (bicyclic) bond motifs is 1. The molecule has 0 aliphatic carbocycles. The summed E-state index contributed by atoms with van der Waals surface area (Å²) in [5.41, 5.74) is 3.04. The van der Waals surface area contributed by atoms with Crippen LogP contribution in [0.4, 0.5) is 0 Å². The molecule has 4 nitrogen and oxygen atoms in total. The van der Waals surface area contributed by atoms with Gasteiger partial charge in [-0.25, -0.2) is 9.97 Å². The largest absolute Gasteiger partial charge is 0.385 e.